The second-order valence-corrected chi connectivity index (χ2v) is 4.20. The number of rotatable bonds is 0. The van der Waals surface area contributed by atoms with Gasteiger partial charge in [0.05, 0.1) is 6.04 Å². The predicted octanol–water partition coefficient (Wildman–Crippen LogP) is 2.35. The smallest absolute Gasteiger partial charge is 0.407 e. The van der Waals surface area contributed by atoms with Crippen LogP contribution in [0.15, 0.2) is 11.4 Å². The zero-order valence-electron chi connectivity index (χ0n) is 7.36. The molecule has 0 spiro atoms. The molecule has 0 unspecified atom stereocenters. The number of nitrogens with zero attached hydrogens (tertiary/aromatic N) is 1. The summed E-state index contributed by atoms with van der Waals surface area (Å²) in [6.07, 6.45) is 0.0493. The zero-order chi connectivity index (χ0) is 9.42. The van der Waals surface area contributed by atoms with Crippen LogP contribution >= 0.6 is 11.3 Å². The number of thiophene rings is 1. The Bertz CT molecular complexity index is 334. The van der Waals surface area contributed by atoms with Crippen LogP contribution in [0.2, 0.25) is 0 Å². The van der Waals surface area contributed by atoms with Gasteiger partial charge in [-0.15, -0.1) is 11.3 Å². The third-order valence-electron chi connectivity index (χ3n) is 2.52. The minimum Gasteiger partial charge on any atom is -0.465 e. The summed E-state index contributed by atoms with van der Waals surface area (Å²) < 4.78 is 0. The van der Waals surface area contributed by atoms with Gasteiger partial charge in [-0.1, -0.05) is 0 Å². The van der Waals surface area contributed by atoms with Gasteiger partial charge >= 0.3 is 6.09 Å². The number of carbonyl (C=O) groups is 1. The standard InChI is InChI=1S/C9H11NO2S/c1-6-7-3-5-13-8(7)2-4-10(6)9(11)12/h3,5-6H,2,4H2,1H3,(H,11,12)/t6-/m1/s1. The lowest BCUT2D eigenvalue weighted by molar-refractivity contribution is 0.125. The third kappa shape index (κ3) is 1.31. The summed E-state index contributed by atoms with van der Waals surface area (Å²) in [7, 11) is 0. The lowest BCUT2D eigenvalue weighted by Gasteiger charge is -2.30. The summed E-state index contributed by atoms with van der Waals surface area (Å²) in [6, 6.07) is 2.05. The maximum atomic E-state index is 10.8. The Morgan fingerprint density at radius 3 is 3.23 bits per heavy atom. The van der Waals surface area contributed by atoms with Crippen molar-refractivity contribution in [2.24, 2.45) is 0 Å². The van der Waals surface area contributed by atoms with Gasteiger partial charge in [0.1, 0.15) is 0 Å². The Morgan fingerprint density at radius 2 is 2.54 bits per heavy atom. The summed E-state index contributed by atoms with van der Waals surface area (Å²) in [5, 5.41) is 10.9. The van der Waals surface area contributed by atoms with Crippen molar-refractivity contribution >= 4 is 17.4 Å². The maximum Gasteiger partial charge on any atom is 0.407 e. The van der Waals surface area contributed by atoms with Crippen LogP contribution in [0.3, 0.4) is 0 Å². The molecule has 4 heteroatoms. The Labute approximate surface area is 80.6 Å². The van der Waals surface area contributed by atoms with E-state index in [1.165, 1.54) is 15.3 Å². The van der Waals surface area contributed by atoms with Crippen LogP contribution in [0, 0.1) is 0 Å². The van der Waals surface area contributed by atoms with Crippen LogP contribution in [-0.2, 0) is 6.42 Å². The number of amides is 1. The highest BCUT2D eigenvalue weighted by atomic mass is 32.1. The zero-order valence-corrected chi connectivity index (χ0v) is 8.17. The molecule has 1 aliphatic rings. The first-order chi connectivity index (χ1) is 6.20. The van der Waals surface area contributed by atoms with E-state index < -0.39 is 6.09 Å². The molecule has 13 heavy (non-hydrogen) atoms. The highest BCUT2D eigenvalue weighted by Crippen LogP contribution is 2.32. The fourth-order valence-electron chi connectivity index (χ4n) is 1.77. The highest BCUT2D eigenvalue weighted by Gasteiger charge is 2.27. The van der Waals surface area contributed by atoms with Crippen molar-refractivity contribution in [1.29, 1.82) is 0 Å². The van der Waals surface area contributed by atoms with Gasteiger partial charge in [-0.2, -0.15) is 0 Å². The SMILES string of the molecule is C[C@@H]1c2ccsc2CCN1C(=O)O. The summed E-state index contributed by atoms with van der Waals surface area (Å²) in [6.45, 7) is 2.57. The minimum atomic E-state index is -0.815. The van der Waals surface area contributed by atoms with Crippen molar-refractivity contribution in [2.75, 3.05) is 6.54 Å². The molecule has 0 saturated carbocycles. The summed E-state index contributed by atoms with van der Waals surface area (Å²) >= 11 is 1.72. The molecule has 0 aliphatic carbocycles. The summed E-state index contributed by atoms with van der Waals surface area (Å²) in [5.41, 5.74) is 1.18. The molecule has 2 rings (SSSR count). The second-order valence-electron chi connectivity index (χ2n) is 3.20. The Morgan fingerprint density at radius 1 is 1.77 bits per heavy atom. The molecule has 1 amide bonds. The van der Waals surface area contributed by atoms with Crippen LogP contribution in [0.25, 0.3) is 0 Å². The van der Waals surface area contributed by atoms with E-state index >= 15 is 0 Å². The molecular weight excluding hydrogens is 186 g/mol. The average Bonchev–Trinajstić information content (AvgIpc) is 2.52. The number of hydrogen-bond acceptors (Lipinski definition) is 2. The fourth-order valence-corrected chi connectivity index (χ4v) is 2.73. The van der Waals surface area contributed by atoms with E-state index in [0.29, 0.717) is 6.54 Å². The van der Waals surface area contributed by atoms with E-state index in [1.54, 1.807) is 11.3 Å². The molecule has 0 fully saturated rings. The van der Waals surface area contributed by atoms with Crippen molar-refractivity contribution in [3.63, 3.8) is 0 Å². The van der Waals surface area contributed by atoms with E-state index in [0.717, 1.165) is 6.42 Å². The first kappa shape index (κ1) is 8.56. The molecule has 3 nitrogen and oxygen atoms in total. The van der Waals surface area contributed by atoms with Crippen LogP contribution in [0.4, 0.5) is 4.79 Å². The van der Waals surface area contributed by atoms with Crippen LogP contribution < -0.4 is 0 Å². The molecule has 1 atom stereocenters. The Balaban J connectivity index is 2.32. The van der Waals surface area contributed by atoms with Crippen molar-refractivity contribution in [2.45, 2.75) is 19.4 Å². The first-order valence-electron chi connectivity index (χ1n) is 4.26. The molecular formula is C9H11NO2S. The summed E-state index contributed by atoms with van der Waals surface area (Å²) in [5.74, 6) is 0. The van der Waals surface area contributed by atoms with Gasteiger partial charge in [0.15, 0.2) is 0 Å². The third-order valence-corrected chi connectivity index (χ3v) is 3.52. The molecule has 0 radical (unpaired) electrons. The molecule has 1 aromatic heterocycles. The second kappa shape index (κ2) is 3.03. The van der Waals surface area contributed by atoms with Crippen LogP contribution in [-0.4, -0.2) is 22.6 Å². The number of carboxylic acid groups (broad SMARTS) is 1. The predicted molar refractivity (Wildman–Crippen MR) is 51.2 cm³/mol. The van der Waals surface area contributed by atoms with Crippen molar-refractivity contribution < 1.29 is 9.90 Å². The van der Waals surface area contributed by atoms with E-state index in [1.807, 2.05) is 18.4 Å². The van der Waals surface area contributed by atoms with Gasteiger partial charge in [-0.05, 0) is 30.4 Å². The molecule has 0 aromatic carbocycles. The van der Waals surface area contributed by atoms with E-state index in [-0.39, 0.29) is 6.04 Å². The van der Waals surface area contributed by atoms with Crippen LogP contribution in [0.1, 0.15) is 23.4 Å². The normalized spacial score (nSPS) is 21.3. The largest absolute Gasteiger partial charge is 0.465 e. The lowest BCUT2D eigenvalue weighted by atomic mass is 10.0. The first-order valence-corrected chi connectivity index (χ1v) is 5.14. The molecule has 1 N–H and O–H groups in total. The van der Waals surface area contributed by atoms with Crippen molar-refractivity contribution in [3.8, 4) is 0 Å². The minimum absolute atomic E-state index is 0.0208. The van der Waals surface area contributed by atoms with Gasteiger partial charge in [0.2, 0.25) is 0 Å². The van der Waals surface area contributed by atoms with Gasteiger partial charge < -0.3 is 10.0 Å². The molecule has 1 aromatic rings. The molecule has 70 valence electrons. The van der Waals surface area contributed by atoms with Gasteiger partial charge in [0.25, 0.3) is 0 Å². The number of hydrogen-bond donors (Lipinski definition) is 1. The monoisotopic (exact) mass is 197 g/mol. The van der Waals surface area contributed by atoms with E-state index in [2.05, 4.69) is 0 Å². The maximum absolute atomic E-state index is 10.8. The average molecular weight is 197 g/mol. The lowest BCUT2D eigenvalue weighted by Crippen LogP contribution is -2.37. The fraction of sp³-hybridized carbons (Fsp3) is 0.444. The van der Waals surface area contributed by atoms with Gasteiger partial charge in [0, 0.05) is 11.4 Å². The molecule has 2 heterocycles. The van der Waals surface area contributed by atoms with Crippen molar-refractivity contribution in [3.05, 3.63) is 21.9 Å². The van der Waals surface area contributed by atoms with E-state index in [4.69, 9.17) is 5.11 Å². The Hall–Kier alpha value is -1.03. The van der Waals surface area contributed by atoms with Crippen LogP contribution in [0.5, 0.6) is 0 Å². The molecule has 0 bridgehead atoms. The summed E-state index contributed by atoms with van der Waals surface area (Å²) in [4.78, 5) is 13.7. The topological polar surface area (TPSA) is 40.5 Å². The number of fused-ring (bicyclic) bond motifs is 1. The van der Waals surface area contributed by atoms with Crippen molar-refractivity contribution in [1.82, 2.24) is 4.90 Å². The van der Waals surface area contributed by atoms with Gasteiger partial charge in [-0.25, -0.2) is 4.79 Å². The Kier molecular flexibility index (Phi) is 2.00. The molecule has 1 aliphatic heterocycles. The molecule has 0 saturated heterocycles. The van der Waals surface area contributed by atoms with E-state index in [9.17, 15) is 4.79 Å². The highest BCUT2D eigenvalue weighted by molar-refractivity contribution is 7.10. The van der Waals surface area contributed by atoms with Gasteiger partial charge in [-0.3, -0.25) is 0 Å². The quantitative estimate of drug-likeness (QED) is 0.693.